The number of aryl methyl sites for hydroxylation is 1. The molecule has 9 heteroatoms. The van der Waals surface area contributed by atoms with E-state index in [2.05, 4.69) is 5.32 Å². The van der Waals surface area contributed by atoms with E-state index in [1.165, 1.54) is 36.4 Å². The fourth-order valence-corrected chi connectivity index (χ4v) is 5.34. The molecule has 0 unspecified atom stereocenters. The number of halogens is 1. The number of para-hydroxylation sites is 1. The zero-order valence-electron chi connectivity index (χ0n) is 19.7. The Balaban J connectivity index is 1.70. The molecule has 1 aliphatic rings. The Labute approximate surface area is 204 Å². The van der Waals surface area contributed by atoms with Crippen molar-refractivity contribution in [2.45, 2.75) is 31.6 Å². The van der Waals surface area contributed by atoms with Crippen LogP contribution in [0.1, 0.15) is 30.9 Å². The van der Waals surface area contributed by atoms with Gasteiger partial charge in [-0.2, -0.15) is 0 Å². The maximum Gasteiger partial charge on any atom is 0.264 e. The van der Waals surface area contributed by atoms with E-state index in [4.69, 9.17) is 9.47 Å². The lowest BCUT2D eigenvalue weighted by molar-refractivity contribution is -0.114. The van der Waals surface area contributed by atoms with Gasteiger partial charge in [0.25, 0.3) is 10.0 Å². The summed E-state index contributed by atoms with van der Waals surface area (Å²) in [5.74, 6) is -0.294. The number of hydrogen-bond acceptors (Lipinski definition) is 5. The van der Waals surface area contributed by atoms with E-state index < -0.39 is 28.3 Å². The number of nitrogens with one attached hydrogen (secondary N) is 1. The minimum atomic E-state index is -4.26. The van der Waals surface area contributed by atoms with Crippen molar-refractivity contribution in [1.82, 2.24) is 0 Å². The molecule has 1 aliphatic heterocycles. The SMILES string of the molecule is Cc1cccc(C(C)C)c1NC(=O)CN(c1cccc(F)c1)S(=O)(=O)c1ccc2c(c1)OCCO2. The number of hydrogen-bond donors (Lipinski definition) is 1. The second kappa shape index (κ2) is 9.95. The van der Waals surface area contributed by atoms with Crippen LogP contribution in [0, 0.1) is 12.7 Å². The quantitative estimate of drug-likeness (QED) is 0.503. The van der Waals surface area contributed by atoms with Crippen LogP contribution in [0.2, 0.25) is 0 Å². The Morgan fingerprint density at radius 3 is 2.46 bits per heavy atom. The minimum Gasteiger partial charge on any atom is -0.486 e. The molecule has 4 rings (SSSR count). The number of rotatable bonds is 7. The standard InChI is InChI=1S/C26H27FN2O5S/c1-17(2)22-9-4-6-18(3)26(22)28-25(30)16-29(20-8-5-7-19(27)14-20)35(31,32)21-10-11-23-24(15-21)34-13-12-33-23/h4-11,14-15,17H,12-13,16H2,1-3H3,(H,28,30). The molecule has 3 aromatic rings. The molecule has 0 aliphatic carbocycles. The zero-order valence-corrected chi connectivity index (χ0v) is 20.6. The minimum absolute atomic E-state index is 0.0314. The fourth-order valence-electron chi connectivity index (χ4n) is 3.91. The second-order valence-electron chi connectivity index (χ2n) is 8.54. The Morgan fingerprint density at radius 1 is 1.03 bits per heavy atom. The third-order valence-electron chi connectivity index (χ3n) is 5.68. The number of amides is 1. The second-order valence-corrected chi connectivity index (χ2v) is 10.4. The van der Waals surface area contributed by atoms with Crippen molar-refractivity contribution >= 4 is 27.3 Å². The van der Waals surface area contributed by atoms with Crippen LogP contribution in [-0.4, -0.2) is 34.1 Å². The highest BCUT2D eigenvalue weighted by atomic mass is 32.2. The number of ether oxygens (including phenoxy) is 2. The molecule has 1 N–H and O–H groups in total. The zero-order chi connectivity index (χ0) is 25.2. The summed E-state index contributed by atoms with van der Waals surface area (Å²) in [7, 11) is -4.26. The molecule has 0 aromatic heterocycles. The number of nitrogens with zero attached hydrogens (tertiary/aromatic N) is 1. The molecule has 35 heavy (non-hydrogen) atoms. The van der Waals surface area contributed by atoms with Crippen LogP contribution in [-0.2, 0) is 14.8 Å². The summed E-state index contributed by atoms with van der Waals surface area (Å²) in [6.45, 7) is 6.00. The normalized spacial score (nSPS) is 12.9. The average molecular weight is 499 g/mol. The van der Waals surface area contributed by atoms with Gasteiger partial charge in [0, 0.05) is 11.8 Å². The van der Waals surface area contributed by atoms with Gasteiger partial charge in [-0.05, 0) is 54.3 Å². The number of anilines is 2. The van der Waals surface area contributed by atoms with E-state index in [0.29, 0.717) is 30.4 Å². The summed E-state index contributed by atoms with van der Waals surface area (Å²) in [6, 6.07) is 15.1. The first-order valence-corrected chi connectivity index (χ1v) is 12.7. The van der Waals surface area contributed by atoms with E-state index in [0.717, 1.165) is 21.5 Å². The van der Waals surface area contributed by atoms with Crippen molar-refractivity contribution in [2.24, 2.45) is 0 Å². The predicted molar refractivity (Wildman–Crippen MR) is 132 cm³/mol. The van der Waals surface area contributed by atoms with E-state index >= 15 is 0 Å². The summed E-state index contributed by atoms with van der Waals surface area (Å²) in [6.07, 6.45) is 0. The lowest BCUT2D eigenvalue weighted by Gasteiger charge is -2.26. The molecule has 0 saturated carbocycles. The predicted octanol–water partition coefficient (Wildman–Crippen LogP) is 4.86. The smallest absolute Gasteiger partial charge is 0.264 e. The first-order chi connectivity index (χ1) is 16.7. The fraction of sp³-hybridized carbons (Fsp3) is 0.269. The van der Waals surface area contributed by atoms with Gasteiger partial charge < -0.3 is 14.8 Å². The van der Waals surface area contributed by atoms with Gasteiger partial charge in [0.15, 0.2) is 11.5 Å². The highest BCUT2D eigenvalue weighted by Crippen LogP contribution is 2.34. The van der Waals surface area contributed by atoms with E-state index in [1.807, 2.05) is 39.0 Å². The molecule has 1 amide bonds. The first-order valence-electron chi connectivity index (χ1n) is 11.2. The van der Waals surface area contributed by atoms with Gasteiger partial charge in [0.2, 0.25) is 5.91 Å². The molecule has 0 spiro atoms. The third kappa shape index (κ3) is 5.24. The largest absolute Gasteiger partial charge is 0.486 e. The molecule has 0 saturated heterocycles. The van der Waals surface area contributed by atoms with Gasteiger partial charge in [-0.1, -0.05) is 38.1 Å². The van der Waals surface area contributed by atoms with Crippen molar-refractivity contribution in [2.75, 3.05) is 29.4 Å². The molecular formula is C26H27FN2O5S. The molecule has 0 atom stereocenters. The lowest BCUT2D eigenvalue weighted by Crippen LogP contribution is -2.38. The molecule has 0 radical (unpaired) electrons. The van der Waals surface area contributed by atoms with Crippen LogP contribution in [0.5, 0.6) is 11.5 Å². The van der Waals surface area contributed by atoms with Crippen molar-refractivity contribution in [1.29, 1.82) is 0 Å². The summed E-state index contributed by atoms with van der Waals surface area (Å²) in [5.41, 5.74) is 2.47. The van der Waals surface area contributed by atoms with E-state index in [9.17, 15) is 17.6 Å². The van der Waals surface area contributed by atoms with Gasteiger partial charge in [0.05, 0.1) is 10.6 Å². The Bertz CT molecular complexity index is 1360. The third-order valence-corrected chi connectivity index (χ3v) is 7.45. The van der Waals surface area contributed by atoms with Gasteiger partial charge >= 0.3 is 0 Å². The van der Waals surface area contributed by atoms with Crippen molar-refractivity contribution in [3.8, 4) is 11.5 Å². The number of sulfonamides is 1. The number of carbonyl (C=O) groups is 1. The van der Waals surface area contributed by atoms with Gasteiger partial charge in [-0.3, -0.25) is 9.10 Å². The summed E-state index contributed by atoms with van der Waals surface area (Å²) < 4.78 is 53.3. The number of carbonyl (C=O) groups excluding carboxylic acids is 1. The van der Waals surface area contributed by atoms with Gasteiger partial charge in [-0.15, -0.1) is 0 Å². The van der Waals surface area contributed by atoms with Crippen LogP contribution in [0.25, 0.3) is 0 Å². The highest BCUT2D eigenvalue weighted by Gasteiger charge is 2.29. The molecule has 0 bridgehead atoms. The maximum atomic E-state index is 14.1. The lowest BCUT2D eigenvalue weighted by atomic mass is 9.98. The van der Waals surface area contributed by atoms with Crippen LogP contribution >= 0.6 is 0 Å². The van der Waals surface area contributed by atoms with Crippen molar-refractivity contribution in [3.63, 3.8) is 0 Å². The van der Waals surface area contributed by atoms with Crippen LogP contribution < -0.4 is 19.1 Å². The van der Waals surface area contributed by atoms with Crippen LogP contribution in [0.15, 0.2) is 65.6 Å². The van der Waals surface area contributed by atoms with Gasteiger partial charge in [-0.25, -0.2) is 12.8 Å². The summed E-state index contributed by atoms with van der Waals surface area (Å²) >= 11 is 0. The van der Waals surface area contributed by atoms with E-state index in [-0.39, 0.29) is 16.5 Å². The maximum absolute atomic E-state index is 14.1. The van der Waals surface area contributed by atoms with Crippen LogP contribution in [0.4, 0.5) is 15.8 Å². The van der Waals surface area contributed by atoms with Crippen molar-refractivity contribution in [3.05, 3.63) is 77.6 Å². The van der Waals surface area contributed by atoms with E-state index in [1.54, 1.807) is 0 Å². The molecule has 1 heterocycles. The molecular weight excluding hydrogens is 471 g/mol. The molecule has 3 aromatic carbocycles. The number of fused-ring (bicyclic) bond motifs is 1. The Morgan fingerprint density at radius 2 is 1.74 bits per heavy atom. The van der Waals surface area contributed by atoms with Crippen molar-refractivity contribution < 1.29 is 27.1 Å². The average Bonchev–Trinajstić information content (AvgIpc) is 2.83. The first kappa shape index (κ1) is 24.5. The monoisotopic (exact) mass is 498 g/mol. The summed E-state index contributed by atoms with van der Waals surface area (Å²) in [4.78, 5) is 13.1. The van der Waals surface area contributed by atoms with Gasteiger partial charge in [0.1, 0.15) is 25.6 Å². The Kier molecular flexibility index (Phi) is 6.98. The molecule has 7 nitrogen and oxygen atoms in total. The number of benzene rings is 3. The summed E-state index contributed by atoms with van der Waals surface area (Å²) in [5, 5.41) is 2.87. The Hall–Kier alpha value is -3.59. The topological polar surface area (TPSA) is 84.9 Å². The van der Waals surface area contributed by atoms with Crippen LogP contribution in [0.3, 0.4) is 0 Å². The molecule has 184 valence electrons. The highest BCUT2D eigenvalue weighted by molar-refractivity contribution is 7.92. The molecule has 0 fully saturated rings.